The van der Waals surface area contributed by atoms with Crippen LogP contribution >= 0.6 is 23.2 Å². The van der Waals surface area contributed by atoms with Gasteiger partial charge in [-0.2, -0.15) is 0 Å². The fourth-order valence-corrected chi connectivity index (χ4v) is 2.96. The summed E-state index contributed by atoms with van der Waals surface area (Å²) in [5, 5.41) is 11.2. The van der Waals surface area contributed by atoms with Crippen molar-refractivity contribution in [2.75, 3.05) is 0 Å². The molecule has 0 saturated heterocycles. The molecule has 3 heteroatoms. The van der Waals surface area contributed by atoms with Crippen molar-refractivity contribution in [1.29, 1.82) is 0 Å². The summed E-state index contributed by atoms with van der Waals surface area (Å²) in [6.45, 7) is 0. The molecule has 0 spiro atoms. The van der Waals surface area contributed by atoms with Gasteiger partial charge in [0.05, 0.1) is 16.1 Å². The van der Waals surface area contributed by atoms with Crippen LogP contribution in [-0.2, 0) is 0 Å². The van der Waals surface area contributed by atoms with Crippen molar-refractivity contribution in [3.63, 3.8) is 0 Å². The summed E-state index contributed by atoms with van der Waals surface area (Å²) < 4.78 is 0. The molecular formula is C15H12Cl2O. The van der Waals surface area contributed by atoms with E-state index in [0.29, 0.717) is 16.5 Å². The Morgan fingerprint density at radius 1 is 0.944 bits per heavy atom. The van der Waals surface area contributed by atoms with Gasteiger partial charge in [-0.1, -0.05) is 53.5 Å². The van der Waals surface area contributed by atoms with Crippen molar-refractivity contribution in [2.24, 2.45) is 0 Å². The largest absolute Gasteiger partial charge is 0.388 e. The van der Waals surface area contributed by atoms with Crippen molar-refractivity contribution in [3.05, 3.63) is 69.2 Å². The Bertz CT molecular complexity index is 595. The van der Waals surface area contributed by atoms with Gasteiger partial charge in [0, 0.05) is 5.92 Å². The van der Waals surface area contributed by atoms with Gasteiger partial charge >= 0.3 is 0 Å². The van der Waals surface area contributed by atoms with Crippen LogP contribution < -0.4 is 0 Å². The van der Waals surface area contributed by atoms with Crippen molar-refractivity contribution < 1.29 is 5.11 Å². The molecule has 0 aromatic heterocycles. The first-order chi connectivity index (χ1) is 8.66. The zero-order valence-corrected chi connectivity index (χ0v) is 11.1. The van der Waals surface area contributed by atoms with Gasteiger partial charge in [0.1, 0.15) is 0 Å². The molecule has 0 bridgehead atoms. The second-order valence-corrected chi connectivity index (χ2v) is 5.42. The third kappa shape index (κ3) is 1.93. The minimum absolute atomic E-state index is 0.200. The SMILES string of the molecule is O[C@@H]1C[C@H](c2ccc(Cl)c(Cl)c2)c2ccccc21. The first-order valence-electron chi connectivity index (χ1n) is 5.88. The topological polar surface area (TPSA) is 20.2 Å². The van der Waals surface area contributed by atoms with Crippen molar-refractivity contribution in [2.45, 2.75) is 18.4 Å². The highest BCUT2D eigenvalue weighted by molar-refractivity contribution is 6.42. The monoisotopic (exact) mass is 278 g/mol. The Balaban J connectivity index is 2.06. The standard InChI is InChI=1S/C15H12Cl2O/c16-13-6-5-9(7-14(13)17)12-8-15(18)11-4-2-1-3-10(11)12/h1-7,12,15,18H,8H2/t12-,15-/m1/s1. The van der Waals surface area contributed by atoms with E-state index in [1.54, 1.807) is 0 Å². The highest BCUT2D eigenvalue weighted by Gasteiger charge is 2.30. The summed E-state index contributed by atoms with van der Waals surface area (Å²) in [6, 6.07) is 13.7. The molecule has 0 heterocycles. The van der Waals surface area contributed by atoms with Crippen LogP contribution in [0.1, 0.15) is 35.1 Å². The van der Waals surface area contributed by atoms with Crippen molar-refractivity contribution in [3.8, 4) is 0 Å². The van der Waals surface area contributed by atoms with E-state index in [1.807, 2.05) is 36.4 Å². The zero-order chi connectivity index (χ0) is 12.7. The summed E-state index contributed by atoms with van der Waals surface area (Å²) in [6.07, 6.45) is 0.317. The maximum atomic E-state index is 10.1. The summed E-state index contributed by atoms with van der Waals surface area (Å²) in [7, 11) is 0. The van der Waals surface area contributed by atoms with Crippen LogP contribution in [0.15, 0.2) is 42.5 Å². The lowest BCUT2D eigenvalue weighted by Crippen LogP contribution is -1.96. The maximum Gasteiger partial charge on any atom is 0.0802 e. The molecule has 3 rings (SSSR count). The minimum atomic E-state index is -0.388. The number of fused-ring (bicyclic) bond motifs is 1. The van der Waals surface area contributed by atoms with Gasteiger partial charge < -0.3 is 5.11 Å². The van der Waals surface area contributed by atoms with Crippen molar-refractivity contribution >= 4 is 23.2 Å². The van der Waals surface area contributed by atoms with Gasteiger partial charge in [0.15, 0.2) is 0 Å². The van der Waals surface area contributed by atoms with E-state index in [0.717, 1.165) is 11.1 Å². The number of rotatable bonds is 1. The normalized spacial score (nSPS) is 21.9. The molecular weight excluding hydrogens is 267 g/mol. The number of hydrogen-bond acceptors (Lipinski definition) is 1. The summed E-state index contributed by atoms with van der Waals surface area (Å²) >= 11 is 12.0. The molecule has 2 atom stereocenters. The zero-order valence-electron chi connectivity index (χ0n) is 9.61. The molecule has 18 heavy (non-hydrogen) atoms. The number of halogens is 2. The molecule has 0 radical (unpaired) electrons. The molecule has 0 saturated carbocycles. The van der Waals surface area contributed by atoms with Gasteiger partial charge in [0.2, 0.25) is 0 Å². The van der Waals surface area contributed by atoms with Crippen LogP contribution in [0, 0.1) is 0 Å². The molecule has 0 fully saturated rings. The van der Waals surface area contributed by atoms with E-state index in [-0.39, 0.29) is 12.0 Å². The third-order valence-corrected chi connectivity index (χ3v) is 4.27. The van der Waals surface area contributed by atoms with Crippen LogP contribution in [-0.4, -0.2) is 5.11 Å². The van der Waals surface area contributed by atoms with Gasteiger partial charge in [-0.05, 0) is 35.2 Å². The summed E-state index contributed by atoms with van der Waals surface area (Å²) in [5.41, 5.74) is 3.31. The lowest BCUT2D eigenvalue weighted by atomic mass is 9.93. The minimum Gasteiger partial charge on any atom is -0.388 e. The fourth-order valence-electron chi connectivity index (χ4n) is 2.65. The number of aliphatic hydroxyl groups is 1. The molecule has 2 aromatic rings. The lowest BCUT2D eigenvalue weighted by Gasteiger charge is -2.12. The number of aliphatic hydroxyl groups excluding tert-OH is 1. The predicted molar refractivity (Wildman–Crippen MR) is 74.3 cm³/mol. The molecule has 1 N–H and O–H groups in total. The average molecular weight is 279 g/mol. The fraction of sp³-hybridized carbons (Fsp3) is 0.200. The molecule has 0 unspecified atom stereocenters. The molecule has 1 aliphatic rings. The summed E-state index contributed by atoms with van der Waals surface area (Å²) in [4.78, 5) is 0. The Kier molecular flexibility index (Phi) is 3.06. The smallest absolute Gasteiger partial charge is 0.0802 e. The summed E-state index contributed by atoms with van der Waals surface area (Å²) in [5.74, 6) is 0.200. The highest BCUT2D eigenvalue weighted by atomic mass is 35.5. The van der Waals surface area contributed by atoms with Crippen LogP contribution in [0.25, 0.3) is 0 Å². The average Bonchev–Trinajstić information content (AvgIpc) is 2.71. The van der Waals surface area contributed by atoms with Gasteiger partial charge in [-0.25, -0.2) is 0 Å². The third-order valence-electron chi connectivity index (χ3n) is 3.54. The van der Waals surface area contributed by atoms with E-state index in [9.17, 15) is 5.11 Å². The molecule has 0 amide bonds. The molecule has 92 valence electrons. The van der Waals surface area contributed by atoms with E-state index in [4.69, 9.17) is 23.2 Å². The molecule has 2 aromatic carbocycles. The highest BCUT2D eigenvalue weighted by Crippen LogP contribution is 2.44. The molecule has 0 aliphatic heterocycles. The van der Waals surface area contributed by atoms with E-state index < -0.39 is 0 Å². The quantitative estimate of drug-likeness (QED) is 0.811. The Morgan fingerprint density at radius 3 is 2.39 bits per heavy atom. The Labute approximate surface area is 116 Å². The number of benzene rings is 2. The first-order valence-corrected chi connectivity index (χ1v) is 6.64. The van der Waals surface area contributed by atoms with E-state index >= 15 is 0 Å². The second kappa shape index (κ2) is 4.58. The molecule has 1 aliphatic carbocycles. The molecule has 1 nitrogen and oxygen atoms in total. The van der Waals surface area contributed by atoms with E-state index in [2.05, 4.69) is 6.07 Å². The van der Waals surface area contributed by atoms with Gasteiger partial charge in [-0.3, -0.25) is 0 Å². The van der Waals surface area contributed by atoms with Gasteiger partial charge in [-0.15, -0.1) is 0 Å². The first kappa shape index (κ1) is 12.0. The maximum absolute atomic E-state index is 10.1. The predicted octanol–water partition coefficient (Wildman–Crippen LogP) is 4.56. The van der Waals surface area contributed by atoms with Crippen LogP contribution in [0.3, 0.4) is 0 Å². The second-order valence-electron chi connectivity index (χ2n) is 4.61. The van der Waals surface area contributed by atoms with Crippen LogP contribution in [0.2, 0.25) is 10.0 Å². The van der Waals surface area contributed by atoms with Crippen LogP contribution in [0.5, 0.6) is 0 Å². The van der Waals surface area contributed by atoms with E-state index in [1.165, 1.54) is 5.56 Å². The van der Waals surface area contributed by atoms with Gasteiger partial charge in [0.25, 0.3) is 0 Å². The lowest BCUT2D eigenvalue weighted by molar-refractivity contribution is 0.176. The Morgan fingerprint density at radius 2 is 1.67 bits per heavy atom. The number of hydrogen-bond donors (Lipinski definition) is 1. The van der Waals surface area contributed by atoms with Crippen molar-refractivity contribution in [1.82, 2.24) is 0 Å². The Hall–Kier alpha value is -1.02. The van der Waals surface area contributed by atoms with Crippen LogP contribution in [0.4, 0.5) is 0 Å².